The minimum atomic E-state index is 0.417. The van der Waals surface area contributed by atoms with Crippen LogP contribution in [0.2, 0.25) is 0 Å². The molecule has 1 rings (SSSR count). The fourth-order valence-electron chi connectivity index (χ4n) is 2.06. The maximum absolute atomic E-state index is 3.65. The fourth-order valence-corrected chi connectivity index (χ4v) is 2.06. The third kappa shape index (κ3) is 2.70. The van der Waals surface area contributed by atoms with Crippen molar-refractivity contribution in [3.05, 3.63) is 0 Å². The largest absolute Gasteiger partial charge is 0.313 e. The fraction of sp³-hybridized carbons (Fsp3) is 1.00. The molecule has 0 aliphatic carbocycles. The second-order valence-electron chi connectivity index (χ2n) is 6.63. The second kappa shape index (κ2) is 3.27. The highest BCUT2D eigenvalue weighted by Gasteiger charge is 2.37. The van der Waals surface area contributed by atoms with Crippen molar-refractivity contribution in [1.82, 2.24) is 5.32 Å². The Balaban J connectivity index is 2.55. The van der Waals surface area contributed by atoms with E-state index in [1.807, 2.05) is 0 Å². The van der Waals surface area contributed by atoms with Gasteiger partial charge in [0, 0.05) is 6.04 Å². The van der Waals surface area contributed by atoms with Crippen LogP contribution in [0.4, 0.5) is 0 Å². The zero-order chi connectivity index (χ0) is 10.3. The third-order valence-corrected chi connectivity index (χ3v) is 3.40. The van der Waals surface area contributed by atoms with Crippen LogP contribution in [0.3, 0.4) is 0 Å². The SMILES string of the molecule is CC(C)(C)C1CNC(C(C)(C)C)C1. The molecule has 0 radical (unpaired) electrons. The number of nitrogens with one attached hydrogen (secondary N) is 1. The van der Waals surface area contributed by atoms with Crippen LogP contribution in [0.25, 0.3) is 0 Å². The highest BCUT2D eigenvalue weighted by molar-refractivity contribution is 4.93. The van der Waals surface area contributed by atoms with Gasteiger partial charge in [-0.1, -0.05) is 41.5 Å². The summed E-state index contributed by atoms with van der Waals surface area (Å²) in [7, 11) is 0. The Labute approximate surface area is 83.3 Å². The molecular weight excluding hydrogens is 158 g/mol. The monoisotopic (exact) mass is 183 g/mol. The Bertz CT molecular complexity index is 151. The predicted octanol–water partition coefficient (Wildman–Crippen LogP) is 3.06. The van der Waals surface area contributed by atoms with E-state index in [1.165, 1.54) is 13.0 Å². The third-order valence-electron chi connectivity index (χ3n) is 3.40. The number of hydrogen-bond donors (Lipinski definition) is 1. The Morgan fingerprint density at radius 1 is 0.923 bits per heavy atom. The number of rotatable bonds is 0. The lowest BCUT2D eigenvalue weighted by molar-refractivity contribution is 0.234. The van der Waals surface area contributed by atoms with Crippen LogP contribution in [-0.4, -0.2) is 12.6 Å². The van der Waals surface area contributed by atoms with Crippen LogP contribution in [0.5, 0.6) is 0 Å². The summed E-state index contributed by atoms with van der Waals surface area (Å²) < 4.78 is 0. The van der Waals surface area contributed by atoms with E-state index in [2.05, 4.69) is 46.9 Å². The molecule has 0 spiro atoms. The van der Waals surface area contributed by atoms with Crippen molar-refractivity contribution in [2.75, 3.05) is 6.54 Å². The summed E-state index contributed by atoms with van der Waals surface area (Å²) in [4.78, 5) is 0. The maximum Gasteiger partial charge on any atom is 0.0119 e. The molecule has 0 aromatic carbocycles. The molecule has 0 amide bonds. The minimum absolute atomic E-state index is 0.417. The molecular formula is C12H25N. The average molecular weight is 183 g/mol. The van der Waals surface area contributed by atoms with Crippen molar-refractivity contribution in [2.24, 2.45) is 16.7 Å². The van der Waals surface area contributed by atoms with Gasteiger partial charge < -0.3 is 5.32 Å². The molecule has 1 saturated heterocycles. The molecule has 2 atom stereocenters. The summed E-state index contributed by atoms with van der Waals surface area (Å²) in [6.45, 7) is 15.2. The molecule has 1 nitrogen and oxygen atoms in total. The smallest absolute Gasteiger partial charge is 0.0119 e. The lowest BCUT2D eigenvalue weighted by atomic mass is 9.76. The molecule has 1 fully saturated rings. The quantitative estimate of drug-likeness (QED) is 0.608. The van der Waals surface area contributed by atoms with Crippen LogP contribution in [-0.2, 0) is 0 Å². The zero-order valence-corrected chi connectivity index (χ0v) is 10.1. The topological polar surface area (TPSA) is 12.0 Å². The predicted molar refractivity (Wildman–Crippen MR) is 58.8 cm³/mol. The van der Waals surface area contributed by atoms with E-state index in [4.69, 9.17) is 0 Å². The highest BCUT2D eigenvalue weighted by Crippen LogP contribution is 2.37. The van der Waals surface area contributed by atoms with Gasteiger partial charge in [0.1, 0.15) is 0 Å². The molecule has 1 N–H and O–H groups in total. The molecule has 0 bridgehead atoms. The van der Waals surface area contributed by atoms with Crippen molar-refractivity contribution < 1.29 is 0 Å². The molecule has 0 aromatic heterocycles. The average Bonchev–Trinajstić information content (AvgIpc) is 2.28. The molecule has 1 heterocycles. The van der Waals surface area contributed by atoms with Gasteiger partial charge in [-0.3, -0.25) is 0 Å². The normalized spacial score (nSPS) is 30.9. The summed E-state index contributed by atoms with van der Waals surface area (Å²) in [6, 6.07) is 0.705. The Morgan fingerprint density at radius 2 is 1.46 bits per heavy atom. The van der Waals surface area contributed by atoms with Crippen molar-refractivity contribution in [3.8, 4) is 0 Å². The lowest BCUT2D eigenvalue weighted by Crippen LogP contribution is -2.34. The summed E-state index contributed by atoms with van der Waals surface area (Å²) >= 11 is 0. The van der Waals surface area contributed by atoms with Gasteiger partial charge in [-0.05, 0) is 29.7 Å². The first-order valence-corrected chi connectivity index (χ1v) is 5.44. The molecule has 1 heteroatoms. The second-order valence-corrected chi connectivity index (χ2v) is 6.63. The van der Waals surface area contributed by atoms with E-state index in [0.29, 0.717) is 16.9 Å². The van der Waals surface area contributed by atoms with E-state index in [9.17, 15) is 0 Å². The van der Waals surface area contributed by atoms with Crippen LogP contribution in [0.1, 0.15) is 48.0 Å². The van der Waals surface area contributed by atoms with Gasteiger partial charge in [0.05, 0.1) is 0 Å². The minimum Gasteiger partial charge on any atom is -0.313 e. The standard InChI is InChI=1S/C12H25N/c1-11(2,3)9-7-10(13-8-9)12(4,5)6/h9-10,13H,7-8H2,1-6H3. The van der Waals surface area contributed by atoms with Crippen LogP contribution < -0.4 is 5.32 Å². The summed E-state index contributed by atoms with van der Waals surface area (Å²) in [5.74, 6) is 0.844. The first-order valence-electron chi connectivity index (χ1n) is 5.44. The van der Waals surface area contributed by atoms with E-state index >= 15 is 0 Å². The Kier molecular flexibility index (Phi) is 2.78. The molecule has 0 saturated carbocycles. The maximum atomic E-state index is 3.65. The zero-order valence-electron chi connectivity index (χ0n) is 10.1. The van der Waals surface area contributed by atoms with Crippen LogP contribution in [0.15, 0.2) is 0 Å². The van der Waals surface area contributed by atoms with E-state index in [0.717, 1.165) is 5.92 Å². The van der Waals surface area contributed by atoms with Gasteiger partial charge in [0.25, 0.3) is 0 Å². The highest BCUT2D eigenvalue weighted by atomic mass is 15.0. The van der Waals surface area contributed by atoms with E-state index in [1.54, 1.807) is 0 Å². The first-order chi connectivity index (χ1) is 5.71. The van der Waals surface area contributed by atoms with E-state index < -0.39 is 0 Å². The summed E-state index contributed by atoms with van der Waals surface area (Å²) in [5, 5.41) is 3.65. The van der Waals surface area contributed by atoms with Crippen LogP contribution in [0, 0.1) is 16.7 Å². The van der Waals surface area contributed by atoms with Gasteiger partial charge in [-0.25, -0.2) is 0 Å². The van der Waals surface area contributed by atoms with Crippen molar-refractivity contribution >= 4 is 0 Å². The van der Waals surface area contributed by atoms with Gasteiger partial charge in [-0.15, -0.1) is 0 Å². The molecule has 78 valence electrons. The number of hydrogen-bond acceptors (Lipinski definition) is 1. The Morgan fingerprint density at radius 3 is 1.69 bits per heavy atom. The van der Waals surface area contributed by atoms with Gasteiger partial charge >= 0.3 is 0 Å². The van der Waals surface area contributed by atoms with Crippen molar-refractivity contribution in [3.63, 3.8) is 0 Å². The van der Waals surface area contributed by atoms with Crippen LogP contribution >= 0.6 is 0 Å². The Hall–Kier alpha value is -0.0400. The summed E-state index contributed by atoms with van der Waals surface area (Å²) in [6.07, 6.45) is 1.34. The summed E-state index contributed by atoms with van der Waals surface area (Å²) in [5.41, 5.74) is 0.882. The lowest BCUT2D eigenvalue weighted by Gasteiger charge is -2.29. The van der Waals surface area contributed by atoms with Gasteiger partial charge in [0.15, 0.2) is 0 Å². The van der Waals surface area contributed by atoms with Crippen molar-refractivity contribution in [1.29, 1.82) is 0 Å². The van der Waals surface area contributed by atoms with E-state index in [-0.39, 0.29) is 0 Å². The molecule has 13 heavy (non-hydrogen) atoms. The molecule has 1 aliphatic rings. The first kappa shape index (κ1) is 11.0. The van der Waals surface area contributed by atoms with Gasteiger partial charge in [0.2, 0.25) is 0 Å². The molecule has 1 aliphatic heterocycles. The molecule has 2 unspecified atom stereocenters. The van der Waals surface area contributed by atoms with Gasteiger partial charge in [-0.2, -0.15) is 0 Å². The molecule has 0 aromatic rings. The van der Waals surface area contributed by atoms with Crippen molar-refractivity contribution in [2.45, 2.75) is 54.0 Å².